The van der Waals surface area contributed by atoms with Crippen molar-refractivity contribution < 1.29 is 36.8 Å². The minimum atomic E-state index is -4.22. The van der Waals surface area contributed by atoms with Crippen LogP contribution in [-0.2, 0) is 22.9 Å². The van der Waals surface area contributed by atoms with E-state index in [0.29, 0.717) is 32.3 Å². The monoisotopic (exact) mass is 526 g/mol. The van der Waals surface area contributed by atoms with Gasteiger partial charge in [-0.25, -0.2) is 9.36 Å². The van der Waals surface area contributed by atoms with Crippen molar-refractivity contribution in [1.82, 2.24) is 9.55 Å². The van der Waals surface area contributed by atoms with Crippen molar-refractivity contribution in [3.63, 3.8) is 0 Å². The molecule has 2 aliphatic rings. The molecule has 4 rings (SSSR count). The molecular formula is C19H19Cl2F2N2O7P. The maximum atomic E-state index is 14.7. The molecule has 1 aromatic carbocycles. The Hall–Kier alpha value is -1.43. The Bertz CT molecular complexity index is 1150. The number of phosphoric ester groups is 1. The zero-order valence-corrected chi connectivity index (χ0v) is 19.5. The lowest BCUT2D eigenvalue weighted by atomic mass is 10.1. The molecule has 0 spiro atoms. The van der Waals surface area contributed by atoms with Crippen molar-refractivity contribution in [3.05, 3.63) is 62.2 Å². The quantitative estimate of drug-likeness (QED) is 0.581. The molecule has 2 aliphatic heterocycles. The van der Waals surface area contributed by atoms with Crippen LogP contribution < -0.4 is 5.69 Å². The van der Waals surface area contributed by atoms with E-state index >= 15 is 0 Å². The Morgan fingerprint density at radius 3 is 2.85 bits per heavy atom. The van der Waals surface area contributed by atoms with Crippen LogP contribution >= 0.6 is 31.0 Å². The standard InChI is InChI=1S/C19H19Cl2F2N2O7P/c1-10-4-6-25(18(27)24-10)17-19(22,23)16(26)15(31-17)9-30-33(28)29-7-5-14(32-33)12-8-11(20)2-3-13(12)21/h2-4,6,8,14-17,26H,5,7,9H2,1H3/t14-,15-,16-,17-,33+/m1/s1. The average Bonchev–Trinajstić information content (AvgIpc) is 2.97. The van der Waals surface area contributed by atoms with Crippen LogP contribution in [0.1, 0.15) is 30.0 Å². The first-order valence-electron chi connectivity index (χ1n) is 9.80. The summed E-state index contributed by atoms with van der Waals surface area (Å²) in [7, 11) is -4.22. The number of hydrogen-bond acceptors (Lipinski definition) is 8. The summed E-state index contributed by atoms with van der Waals surface area (Å²) in [5.74, 6) is -3.85. The fourth-order valence-corrected chi connectivity index (χ4v) is 5.30. The molecule has 2 aromatic rings. The van der Waals surface area contributed by atoms with Crippen LogP contribution in [0.3, 0.4) is 0 Å². The third kappa shape index (κ3) is 5.01. The van der Waals surface area contributed by atoms with Crippen molar-refractivity contribution in [2.75, 3.05) is 13.2 Å². The minimum Gasteiger partial charge on any atom is -0.384 e. The zero-order chi connectivity index (χ0) is 24.0. The smallest absolute Gasteiger partial charge is 0.384 e. The third-order valence-electron chi connectivity index (χ3n) is 5.19. The Kier molecular flexibility index (Phi) is 6.97. The summed E-state index contributed by atoms with van der Waals surface area (Å²) in [5, 5.41) is 10.8. The van der Waals surface area contributed by atoms with Crippen LogP contribution in [-0.4, -0.2) is 46.0 Å². The van der Waals surface area contributed by atoms with Crippen molar-refractivity contribution in [1.29, 1.82) is 0 Å². The van der Waals surface area contributed by atoms with E-state index in [4.69, 9.17) is 41.5 Å². The van der Waals surface area contributed by atoms with Gasteiger partial charge in [0.25, 0.3) is 0 Å². The number of aliphatic hydroxyl groups excluding tert-OH is 1. The molecule has 14 heteroatoms. The number of aliphatic hydroxyl groups is 1. The van der Waals surface area contributed by atoms with Gasteiger partial charge in [0.15, 0.2) is 6.10 Å². The summed E-state index contributed by atoms with van der Waals surface area (Å²) in [5.41, 5.74) is -0.176. The van der Waals surface area contributed by atoms with Gasteiger partial charge in [-0.05, 0) is 31.2 Å². The number of ether oxygens (including phenoxy) is 1. The maximum Gasteiger partial charge on any atom is 0.475 e. The number of hydrogen-bond donors (Lipinski definition) is 1. The SMILES string of the molecule is Cc1ccn([C@@H]2O[C@H](CO[P@]3(=O)OCC[C@H](c4cc(Cl)ccc4Cl)O3)[C@@H](O)C2(F)F)c(=O)n1. The summed E-state index contributed by atoms with van der Waals surface area (Å²) in [6.07, 6.45) is -5.52. The van der Waals surface area contributed by atoms with Crippen molar-refractivity contribution in [3.8, 4) is 0 Å². The van der Waals surface area contributed by atoms with E-state index < -0.39 is 50.6 Å². The van der Waals surface area contributed by atoms with Crippen LogP contribution in [0.25, 0.3) is 0 Å². The summed E-state index contributed by atoms with van der Waals surface area (Å²) in [6, 6.07) is 6.02. The molecule has 5 atom stereocenters. The highest BCUT2D eigenvalue weighted by atomic mass is 35.5. The Balaban J connectivity index is 1.47. The number of alkyl halides is 2. The highest BCUT2D eigenvalue weighted by molar-refractivity contribution is 7.48. The lowest BCUT2D eigenvalue weighted by Crippen LogP contribution is -2.42. The number of rotatable bonds is 5. The van der Waals surface area contributed by atoms with E-state index in [-0.39, 0.29) is 6.61 Å². The molecule has 180 valence electrons. The fraction of sp³-hybridized carbons (Fsp3) is 0.474. The van der Waals surface area contributed by atoms with Gasteiger partial charge in [0.05, 0.1) is 19.3 Å². The van der Waals surface area contributed by atoms with Crippen LogP contribution in [0.5, 0.6) is 0 Å². The van der Waals surface area contributed by atoms with E-state index in [1.54, 1.807) is 18.2 Å². The van der Waals surface area contributed by atoms with Crippen LogP contribution in [0, 0.1) is 6.92 Å². The molecule has 0 saturated carbocycles. The molecular weight excluding hydrogens is 508 g/mol. The second-order valence-electron chi connectivity index (χ2n) is 7.53. The van der Waals surface area contributed by atoms with Crippen molar-refractivity contribution in [2.45, 2.75) is 43.8 Å². The van der Waals surface area contributed by atoms with Gasteiger partial charge in [-0.3, -0.25) is 18.1 Å². The van der Waals surface area contributed by atoms with Gasteiger partial charge in [-0.15, -0.1) is 0 Å². The molecule has 2 fully saturated rings. The summed E-state index contributed by atoms with van der Waals surface area (Å²) < 4.78 is 63.8. The van der Waals surface area contributed by atoms with Gasteiger partial charge in [0, 0.05) is 33.9 Å². The molecule has 33 heavy (non-hydrogen) atoms. The van der Waals surface area contributed by atoms with E-state index in [2.05, 4.69) is 4.98 Å². The third-order valence-corrected chi connectivity index (χ3v) is 7.25. The first-order valence-corrected chi connectivity index (χ1v) is 12.0. The molecule has 1 aromatic heterocycles. The van der Waals surface area contributed by atoms with E-state index in [1.165, 1.54) is 13.0 Å². The predicted octanol–water partition coefficient (Wildman–Crippen LogP) is 4.06. The first kappa shape index (κ1) is 24.7. The van der Waals surface area contributed by atoms with Crippen molar-refractivity contribution in [2.24, 2.45) is 0 Å². The van der Waals surface area contributed by atoms with Crippen molar-refractivity contribution >= 4 is 31.0 Å². The molecule has 0 unspecified atom stereocenters. The minimum absolute atomic E-state index is 0.0257. The average molecular weight is 527 g/mol. The van der Waals surface area contributed by atoms with Crippen LogP contribution in [0.2, 0.25) is 10.0 Å². The number of aryl methyl sites for hydroxylation is 1. The number of phosphoric acid groups is 1. The molecule has 9 nitrogen and oxygen atoms in total. The largest absolute Gasteiger partial charge is 0.475 e. The van der Waals surface area contributed by atoms with Gasteiger partial charge >= 0.3 is 19.4 Å². The number of benzene rings is 1. The predicted molar refractivity (Wildman–Crippen MR) is 113 cm³/mol. The summed E-state index contributed by atoms with van der Waals surface area (Å²) >= 11 is 12.2. The lowest BCUT2D eigenvalue weighted by Gasteiger charge is -2.30. The second-order valence-corrected chi connectivity index (χ2v) is 10.00. The maximum absolute atomic E-state index is 14.7. The molecule has 0 bridgehead atoms. The Morgan fingerprint density at radius 2 is 2.12 bits per heavy atom. The number of aromatic nitrogens is 2. The Morgan fingerprint density at radius 1 is 1.36 bits per heavy atom. The molecule has 0 amide bonds. The van der Waals surface area contributed by atoms with E-state index in [9.17, 15) is 23.2 Å². The van der Waals surface area contributed by atoms with E-state index in [0.717, 1.165) is 6.20 Å². The highest BCUT2D eigenvalue weighted by Crippen LogP contribution is 2.58. The van der Waals surface area contributed by atoms with Gasteiger partial charge in [0.2, 0.25) is 6.23 Å². The fourth-order valence-electron chi connectivity index (χ4n) is 3.50. The van der Waals surface area contributed by atoms with Crippen LogP contribution in [0.15, 0.2) is 35.3 Å². The number of halogens is 4. The summed E-state index contributed by atoms with van der Waals surface area (Å²) in [4.78, 5) is 15.6. The molecule has 0 aliphatic carbocycles. The summed E-state index contributed by atoms with van der Waals surface area (Å²) in [6.45, 7) is 0.743. The van der Waals surface area contributed by atoms with Crippen LogP contribution in [0.4, 0.5) is 8.78 Å². The molecule has 1 N–H and O–H groups in total. The van der Waals surface area contributed by atoms with Gasteiger partial charge < -0.3 is 9.84 Å². The molecule has 3 heterocycles. The molecule has 0 radical (unpaired) electrons. The lowest BCUT2D eigenvalue weighted by molar-refractivity contribution is -0.141. The van der Waals surface area contributed by atoms with Gasteiger partial charge in [-0.2, -0.15) is 13.8 Å². The zero-order valence-electron chi connectivity index (χ0n) is 17.1. The van der Waals surface area contributed by atoms with Gasteiger partial charge in [0.1, 0.15) is 6.10 Å². The normalized spacial score (nSPS) is 31.6. The number of nitrogens with zero attached hydrogens (tertiary/aromatic N) is 2. The Labute approximate surface area is 196 Å². The first-order chi connectivity index (χ1) is 15.5. The van der Waals surface area contributed by atoms with Gasteiger partial charge in [-0.1, -0.05) is 23.2 Å². The molecule has 2 saturated heterocycles. The highest BCUT2D eigenvalue weighted by Gasteiger charge is 2.60. The second kappa shape index (κ2) is 9.31. The van der Waals surface area contributed by atoms with E-state index in [1.807, 2.05) is 0 Å². The topological polar surface area (TPSA) is 109 Å².